The molecule has 0 N–H and O–H groups in total. The molecule has 1 saturated heterocycles. The van der Waals surface area contributed by atoms with Crippen LogP contribution in [-0.2, 0) is 11.2 Å². The molecule has 2 heterocycles. The van der Waals surface area contributed by atoms with Crippen LogP contribution in [0.5, 0.6) is 0 Å². The zero-order valence-corrected chi connectivity index (χ0v) is 16.6. The van der Waals surface area contributed by atoms with Gasteiger partial charge in [0.05, 0.1) is 12.6 Å². The first kappa shape index (κ1) is 19.8. The molecule has 2 aliphatic heterocycles. The molecular weight excluding hydrogens is 374 g/mol. The van der Waals surface area contributed by atoms with Crippen LogP contribution in [0.4, 0.5) is 13.6 Å². The van der Waals surface area contributed by atoms with Crippen LogP contribution < -0.4 is 0 Å². The van der Waals surface area contributed by atoms with Crippen molar-refractivity contribution in [3.05, 3.63) is 70.8 Å². The van der Waals surface area contributed by atoms with Crippen molar-refractivity contribution in [2.24, 2.45) is 5.92 Å². The van der Waals surface area contributed by atoms with Gasteiger partial charge in [-0.15, -0.1) is 0 Å². The standard InChI is InChI=1S/C23H26F2N2O2/c1-26-9-6-16(7-10-26)15-29-23(28)27-11-8-17-4-2-3-5-21(17)22(27)18-12-19(24)14-20(25)13-18/h2-5,12-14,16,22H,6-11,15H2,1H3. The fraction of sp³-hybridized carbons (Fsp3) is 0.435. The number of nitrogens with zero attached hydrogens (tertiary/aromatic N) is 2. The van der Waals surface area contributed by atoms with Crippen molar-refractivity contribution >= 4 is 6.09 Å². The maximum absolute atomic E-state index is 13.9. The fourth-order valence-electron chi connectivity index (χ4n) is 4.36. The number of piperidine rings is 1. The topological polar surface area (TPSA) is 32.8 Å². The van der Waals surface area contributed by atoms with E-state index >= 15 is 0 Å². The summed E-state index contributed by atoms with van der Waals surface area (Å²) in [5, 5.41) is 0. The Morgan fingerprint density at radius 3 is 2.48 bits per heavy atom. The van der Waals surface area contributed by atoms with Crippen molar-refractivity contribution in [3.8, 4) is 0 Å². The fourth-order valence-corrected chi connectivity index (χ4v) is 4.36. The number of rotatable bonds is 3. The molecule has 4 nitrogen and oxygen atoms in total. The molecule has 1 atom stereocenters. The van der Waals surface area contributed by atoms with Gasteiger partial charge in [-0.05, 0) is 74.1 Å². The third-order valence-electron chi connectivity index (χ3n) is 6.00. The lowest BCUT2D eigenvalue weighted by atomic mass is 9.88. The molecule has 2 aromatic carbocycles. The van der Waals surface area contributed by atoms with Gasteiger partial charge in [0.25, 0.3) is 0 Å². The minimum atomic E-state index is -0.650. The molecule has 2 aromatic rings. The summed E-state index contributed by atoms with van der Waals surface area (Å²) in [4.78, 5) is 16.8. The number of carbonyl (C=O) groups is 1. The van der Waals surface area contributed by atoms with Gasteiger partial charge in [-0.25, -0.2) is 13.6 Å². The molecule has 0 saturated carbocycles. The molecular formula is C23H26F2N2O2. The summed E-state index contributed by atoms with van der Waals surface area (Å²) in [5.74, 6) is -0.942. The number of fused-ring (bicyclic) bond motifs is 1. The number of benzene rings is 2. The highest BCUT2D eigenvalue weighted by Crippen LogP contribution is 2.36. The van der Waals surface area contributed by atoms with Crippen LogP contribution in [0, 0.1) is 17.6 Å². The Labute approximate surface area is 170 Å². The maximum Gasteiger partial charge on any atom is 0.410 e. The van der Waals surface area contributed by atoms with Crippen LogP contribution in [0.25, 0.3) is 0 Å². The second-order valence-electron chi connectivity index (χ2n) is 8.07. The Hall–Kier alpha value is -2.47. The van der Waals surface area contributed by atoms with Gasteiger partial charge in [-0.3, -0.25) is 4.90 Å². The predicted octanol–water partition coefficient (Wildman–Crippen LogP) is 4.39. The molecule has 1 unspecified atom stereocenters. The first-order valence-electron chi connectivity index (χ1n) is 10.2. The van der Waals surface area contributed by atoms with E-state index in [1.54, 1.807) is 4.90 Å². The average Bonchev–Trinajstić information content (AvgIpc) is 2.71. The van der Waals surface area contributed by atoms with E-state index in [1.807, 2.05) is 24.3 Å². The Morgan fingerprint density at radius 2 is 1.76 bits per heavy atom. The third-order valence-corrected chi connectivity index (χ3v) is 6.00. The molecule has 0 bridgehead atoms. The van der Waals surface area contributed by atoms with Gasteiger partial charge < -0.3 is 9.64 Å². The summed E-state index contributed by atoms with van der Waals surface area (Å²) < 4.78 is 33.5. The number of carbonyl (C=O) groups excluding carboxylic acids is 1. The highest BCUT2D eigenvalue weighted by Gasteiger charge is 2.34. The molecule has 0 radical (unpaired) electrons. The van der Waals surface area contributed by atoms with Crippen molar-refractivity contribution in [1.82, 2.24) is 9.80 Å². The van der Waals surface area contributed by atoms with Crippen LogP contribution in [0.15, 0.2) is 42.5 Å². The summed E-state index contributed by atoms with van der Waals surface area (Å²) in [7, 11) is 2.09. The van der Waals surface area contributed by atoms with E-state index in [9.17, 15) is 13.6 Å². The number of likely N-dealkylation sites (tertiary alicyclic amines) is 1. The summed E-state index contributed by atoms with van der Waals surface area (Å²) in [5.41, 5.74) is 2.40. The highest BCUT2D eigenvalue weighted by atomic mass is 19.1. The number of halogens is 2. The summed E-state index contributed by atoms with van der Waals surface area (Å²) in [6.07, 6.45) is 2.28. The highest BCUT2D eigenvalue weighted by molar-refractivity contribution is 5.70. The van der Waals surface area contributed by atoms with Gasteiger partial charge in [0.15, 0.2) is 0 Å². The molecule has 154 valence electrons. The molecule has 0 aromatic heterocycles. The Bertz CT molecular complexity index is 861. The number of ether oxygens (including phenoxy) is 1. The van der Waals surface area contributed by atoms with Crippen molar-refractivity contribution < 1.29 is 18.3 Å². The van der Waals surface area contributed by atoms with Crippen molar-refractivity contribution in [3.63, 3.8) is 0 Å². The first-order chi connectivity index (χ1) is 14.0. The van der Waals surface area contributed by atoms with E-state index in [-0.39, 0.29) is 0 Å². The van der Waals surface area contributed by atoms with Crippen LogP contribution in [0.1, 0.15) is 35.6 Å². The lowest BCUT2D eigenvalue weighted by molar-refractivity contribution is 0.0637. The quantitative estimate of drug-likeness (QED) is 0.766. The second kappa shape index (κ2) is 8.49. The molecule has 29 heavy (non-hydrogen) atoms. The minimum Gasteiger partial charge on any atom is -0.449 e. The van der Waals surface area contributed by atoms with E-state index in [2.05, 4.69) is 11.9 Å². The van der Waals surface area contributed by atoms with Crippen LogP contribution in [0.2, 0.25) is 0 Å². The average molecular weight is 400 g/mol. The minimum absolute atomic E-state index is 0.359. The Balaban J connectivity index is 1.57. The molecule has 1 amide bonds. The largest absolute Gasteiger partial charge is 0.449 e. The van der Waals surface area contributed by atoms with Crippen LogP contribution in [0.3, 0.4) is 0 Å². The SMILES string of the molecule is CN1CCC(COC(=O)N2CCc3ccccc3C2c2cc(F)cc(F)c2)CC1. The summed E-state index contributed by atoms with van der Waals surface area (Å²) in [6.45, 7) is 2.84. The van der Waals surface area contributed by atoms with Gasteiger partial charge in [-0.2, -0.15) is 0 Å². The number of amides is 1. The van der Waals surface area contributed by atoms with Gasteiger partial charge in [0.1, 0.15) is 11.6 Å². The lowest BCUT2D eigenvalue weighted by Crippen LogP contribution is -2.42. The van der Waals surface area contributed by atoms with Crippen LogP contribution in [-0.4, -0.2) is 49.2 Å². The second-order valence-corrected chi connectivity index (χ2v) is 8.07. The predicted molar refractivity (Wildman–Crippen MR) is 107 cm³/mol. The normalized spacial score (nSPS) is 20.4. The van der Waals surface area contributed by atoms with E-state index < -0.39 is 23.8 Å². The zero-order valence-electron chi connectivity index (χ0n) is 16.6. The van der Waals surface area contributed by atoms with Crippen molar-refractivity contribution in [2.75, 3.05) is 33.3 Å². The molecule has 4 rings (SSSR count). The molecule has 0 spiro atoms. The Kier molecular flexibility index (Phi) is 5.81. The van der Waals surface area contributed by atoms with E-state index in [4.69, 9.17) is 4.74 Å². The van der Waals surface area contributed by atoms with E-state index in [0.29, 0.717) is 31.1 Å². The number of hydrogen-bond acceptors (Lipinski definition) is 3. The molecule has 2 aliphatic rings. The molecule has 1 fully saturated rings. The molecule has 0 aliphatic carbocycles. The van der Waals surface area contributed by atoms with Gasteiger partial charge in [0, 0.05) is 12.6 Å². The van der Waals surface area contributed by atoms with Gasteiger partial charge in [-0.1, -0.05) is 24.3 Å². The van der Waals surface area contributed by atoms with Crippen molar-refractivity contribution in [1.29, 1.82) is 0 Å². The monoisotopic (exact) mass is 400 g/mol. The maximum atomic E-state index is 13.9. The summed E-state index contributed by atoms with van der Waals surface area (Å²) in [6, 6.07) is 10.6. The molecule has 6 heteroatoms. The van der Waals surface area contributed by atoms with Crippen LogP contribution >= 0.6 is 0 Å². The van der Waals surface area contributed by atoms with E-state index in [0.717, 1.165) is 43.1 Å². The Morgan fingerprint density at radius 1 is 1.07 bits per heavy atom. The van der Waals surface area contributed by atoms with Crippen molar-refractivity contribution in [2.45, 2.75) is 25.3 Å². The lowest BCUT2D eigenvalue weighted by Gasteiger charge is -2.37. The summed E-state index contributed by atoms with van der Waals surface area (Å²) >= 11 is 0. The van der Waals surface area contributed by atoms with Gasteiger partial charge >= 0.3 is 6.09 Å². The van der Waals surface area contributed by atoms with Gasteiger partial charge in [0.2, 0.25) is 0 Å². The van der Waals surface area contributed by atoms with E-state index in [1.165, 1.54) is 12.1 Å². The first-order valence-corrected chi connectivity index (χ1v) is 10.2. The zero-order chi connectivity index (χ0) is 20.4. The number of hydrogen-bond donors (Lipinski definition) is 0. The smallest absolute Gasteiger partial charge is 0.410 e. The third kappa shape index (κ3) is 4.42.